The molecule has 2 rings (SSSR count). The zero-order valence-electron chi connectivity index (χ0n) is 12.7. The minimum Gasteiger partial charge on any atom is -0.468 e. The van der Waals surface area contributed by atoms with Gasteiger partial charge in [0.05, 0.1) is 26.4 Å². The topological polar surface area (TPSA) is 91.3 Å². The molecule has 1 saturated carbocycles. The van der Waals surface area contributed by atoms with Crippen LogP contribution in [0.15, 0.2) is 0 Å². The van der Waals surface area contributed by atoms with E-state index in [2.05, 4.69) is 0 Å². The van der Waals surface area contributed by atoms with Crippen LogP contribution in [0.2, 0.25) is 0 Å². The molecule has 1 saturated heterocycles. The normalized spacial score (nSPS) is 33.8. The van der Waals surface area contributed by atoms with Gasteiger partial charge in [0.15, 0.2) is 11.7 Å². The van der Waals surface area contributed by atoms with Crippen LogP contribution in [0.25, 0.3) is 0 Å². The van der Waals surface area contributed by atoms with E-state index >= 15 is 0 Å². The summed E-state index contributed by atoms with van der Waals surface area (Å²) >= 11 is 0. The molecule has 0 aromatic rings. The first kappa shape index (κ1) is 16.2. The highest BCUT2D eigenvalue weighted by atomic mass is 16.8. The van der Waals surface area contributed by atoms with Gasteiger partial charge in [-0.1, -0.05) is 0 Å². The number of aliphatic hydroxyl groups is 1. The quantitative estimate of drug-likeness (QED) is 0.581. The van der Waals surface area contributed by atoms with E-state index in [4.69, 9.17) is 18.9 Å². The third-order valence-electron chi connectivity index (χ3n) is 4.20. The minimum absolute atomic E-state index is 0.0911. The van der Waals surface area contributed by atoms with E-state index in [0.717, 1.165) is 0 Å². The van der Waals surface area contributed by atoms with Gasteiger partial charge in [0, 0.05) is 18.4 Å². The molecule has 1 aliphatic heterocycles. The van der Waals surface area contributed by atoms with Crippen molar-refractivity contribution in [1.82, 2.24) is 0 Å². The highest BCUT2D eigenvalue weighted by Crippen LogP contribution is 2.47. The summed E-state index contributed by atoms with van der Waals surface area (Å²) in [6, 6.07) is 0. The number of methoxy groups -OCH3 is 2. The SMILES string of the molecule is COC(=O)C(C(=O)OC)[C@H]1C[C@@H](CO)[C@@H]2OC(C)(C)O[C@@H]21. The Hall–Kier alpha value is -1.18. The van der Waals surface area contributed by atoms with Crippen molar-refractivity contribution in [2.75, 3.05) is 20.8 Å². The molecule has 1 N–H and O–H groups in total. The van der Waals surface area contributed by atoms with Gasteiger partial charge in [-0.25, -0.2) is 0 Å². The van der Waals surface area contributed by atoms with Gasteiger partial charge in [-0.05, 0) is 20.3 Å². The molecule has 120 valence electrons. The summed E-state index contributed by atoms with van der Waals surface area (Å²) in [6.45, 7) is 3.44. The summed E-state index contributed by atoms with van der Waals surface area (Å²) in [5.41, 5.74) is 0. The Morgan fingerprint density at radius 2 is 1.71 bits per heavy atom. The smallest absolute Gasteiger partial charge is 0.320 e. The van der Waals surface area contributed by atoms with Gasteiger partial charge >= 0.3 is 11.9 Å². The Morgan fingerprint density at radius 3 is 2.19 bits per heavy atom. The summed E-state index contributed by atoms with van der Waals surface area (Å²) in [5.74, 6) is -3.80. The van der Waals surface area contributed by atoms with E-state index in [1.807, 2.05) is 0 Å². The summed E-state index contributed by atoms with van der Waals surface area (Å²) in [4.78, 5) is 23.9. The van der Waals surface area contributed by atoms with Crippen molar-refractivity contribution in [3.63, 3.8) is 0 Å². The lowest BCUT2D eigenvalue weighted by Gasteiger charge is -2.26. The molecule has 2 fully saturated rings. The number of hydrogen-bond acceptors (Lipinski definition) is 7. The van der Waals surface area contributed by atoms with Gasteiger partial charge < -0.3 is 24.1 Å². The second-order valence-corrected chi connectivity index (χ2v) is 5.93. The summed E-state index contributed by atoms with van der Waals surface area (Å²) in [5, 5.41) is 9.51. The molecule has 0 spiro atoms. The summed E-state index contributed by atoms with van der Waals surface area (Å²) in [6.07, 6.45) is -0.344. The van der Waals surface area contributed by atoms with Crippen LogP contribution in [0.5, 0.6) is 0 Å². The van der Waals surface area contributed by atoms with E-state index in [1.54, 1.807) is 13.8 Å². The molecule has 0 bridgehead atoms. The number of fused-ring (bicyclic) bond motifs is 1. The second kappa shape index (κ2) is 5.90. The molecule has 0 radical (unpaired) electrons. The minimum atomic E-state index is -1.07. The fraction of sp³-hybridized carbons (Fsp3) is 0.857. The van der Waals surface area contributed by atoms with Crippen molar-refractivity contribution in [2.24, 2.45) is 17.8 Å². The van der Waals surface area contributed by atoms with Crippen molar-refractivity contribution in [3.8, 4) is 0 Å². The lowest BCUT2D eigenvalue weighted by Crippen LogP contribution is -2.39. The lowest BCUT2D eigenvalue weighted by atomic mass is 9.88. The standard InChI is InChI=1S/C14H22O7/c1-14(2)20-10-7(6-15)5-8(11(10)21-14)9(12(16)18-3)13(17)19-4/h7-11,15H,5-6H2,1-4H3/t7-,8+,10-,11+/m0/s1. The van der Waals surface area contributed by atoms with E-state index in [-0.39, 0.29) is 18.6 Å². The van der Waals surface area contributed by atoms with E-state index in [9.17, 15) is 14.7 Å². The van der Waals surface area contributed by atoms with Crippen molar-refractivity contribution < 1.29 is 33.6 Å². The number of carbonyl (C=O) groups excluding carboxylic acids is 2. The van der Waals surface area contributed by atoms with Crippen LogP contribution in [0.4, 0.5) is 0 Å². The molecule has 0 aromatic heterocycles. The predicted molar refractivity (Wildman–Crippen MR) is 70.0 cm³/mol. The monoisotopic (exact) mass is 302 g/mol. The van der Waals surface area contributed by atoms with Crippen LogP contribution >= 0.6 is 0 Å². The number of esters is 2. The van der Waals surface area contributed by atoms with Crippen molar-refractivity contribution in [1.29, 1.82) is 0 Å². The Kier molecular flexibility index (Phi) is 4.55. The van der Waals surface area contributed by atoms with Crippen LogP contribution in [-0.4, -0.2) is 55.9 Å². The Balaban J connectivity index is 2.28. The molecule has 0 unspecified atom stereocenters. The van der Waals surface area contributed by atoms with Crippen molar-refractivity contribution in [3.05, 3.63) is 0 Å². The Morgan fingerprint density at radius 1 is 1.19 bits per heavy atom. The van der Waals surface area contributed by atoms with Gasteiger partial charge in [-0.2, -0.15) is 0 Å². The van der Waals surface area contributed by atoms with Crippen molar-refractivity contribution >= 4 is 11.9 Å². The number of rotatable bonds is 4. The van der Waals surface area contributed by atoms with Crippen LogP contribution in [0.1, 0.15) is 20.3 Å². The number of hydrogen-bond donors (Lipinski definition) is 1. The highest BCUT2D eigenvalue weighted by molar-refractivity contribution is 5.95. The Bertz CT molecular complexity index is 404. The molecular weight excluding hydrogens is 280 g/mol. The van der Waals surface area contributed by atoms with Gasteiger partial charge in [-0.15, -0.1) is 0 Å². The molecule has 0 amide bonds. The van der Waals surface area contributed by atoms with Crippen LogP contribution in [0.3, 0.4) is 0 Å². The average Bonchev–Trinajstić information content (AvgIpc) is 2.92. The van der Waals surface area contributed by atoms with Crippen molar-refractivity contribution in [2.45, 2.75) is 38.3 Å². The fourth-order valence-electron chi connectivity index (χ4n) is 3.33. The van der Waals surface area contributed by atoms with Gasteiger partial charge in [0.1, 0.15) is 0 Å². The molecule has 4 atom stereocenters. The van der Waals surface area contributed by atoms with Gasteiger partial charge in [0.2, 0.25) is 0 Å². The maximum atomic E-state index is 12.0. The molecule has 7 nitrogen and oxygen atoms in total. The zero-order chi connectivity index (χ0) is 15.8. The van der Waals surface area contributed by atoms with Crippen LogP contribution in [-0.2, 0) is 28.5 Å². The van der Waals surface area contributed by atoms with Crippen LogP contribution < -0.4 is 0 Å². The predicted octanol–water partition coefficient (Wildman–Crippen LogP) is 0.0971. The van der Waals surface area contributed by atoms with E-state index < -0.39 is 35.7 Å². The molecule has 7 heteroatoms. The third kappa shape index (κ3) is 2.90. The summed E-state index contributed by atoms with van der Waals surface area (Å²) in [7, 11) is 2.45. The molecule has 2 aliphatic rings. The zero-order valence-corrected chi connectivity index (χ0v) is 12.7. The second-order valence-electron chi connectivity index (χ2n) is 5.93. The maximum Gasteiger partial charge on any atom is 0.320 e. The average molecular weight is 302 g/mol. The largest absolute Gasteiger partial charge is 0.468 e. The molecule has 21 heavy (non-hydrogen) atoms. The fourth-order valence-corrected chi connectivity index (χ4v) is 3.33. The maximum absolute atomic E-state index is 12.0. The number of ether oxygens (including phenoxy) is 4. The van der Waals surface area contributed by atoms with E-state index in [1.165, 1.54) is 14.2 Å². The molecule has 0 aromatic carbocycles. The first-order valence-corrected chi connectivity index (χ1v) is 6.96. The van der Waals surface area contributed by atoms with E-state index in [0.29, 0.717) is 6.42 Å². The molecule has 1 aliphatic carbocycles. The Labute approximate surface area is 123 Å². The summed E-state index contributed by atoms with van der Waals surface area (Å²) < 4.78 is 21.1. The number of aliphatic hydroxyl groups excluding tert-OH is 1. The lowest BCUT2D eigenvalue weighted by molar-refractivity contribution is -0.176. The molecule has 1 heterocycles. The first-order chi connectivity index (χ1) is 9.84. The molecular formula is C14H22O7. The highest BCUT2D eigenvalue weighted by Gasteiger charge is 2.58. The van der Waals surface area contributed by atoms with Crippen LogP contribution in [0, 0.1) is 17.8 Å². The first-order valence-electron chi connectivity index (χ1n) is 6.96. The van der Waals surface area contributed by atoms with Gasteiger partial charge in [0.25, 0.3) is 0 Å². The third-order valence-corrected chi connectivity index (χ3v) is 4.20. The van der Waals surface area contributed by atoms with Gasteiger partial charge in [-0.3, -0.25) is 9.59 Å². The number of carbonyl (C=O) groups is 2.